The molecule has 1 aromatic carbocycles. The van der Waals surface area contributed by atoms with Crippen LogP contribution in [-0.2, 0) is 16.1 Å². The lowest BCUT2D eigenvalue weighted by molar-refractivity contribution is -0.151. The zero-order valence-electron chi connectivity index (χ0n) is 19.5. The van der Waals surface area contributed by atoms with Gasteiger partial charge in [-0.25, -0.2) is 4.98 Å². The molecular weight excluding hydrogens is 428 g/mol. The number of benzene rings is 1. The molecule has 0 atom stereocenters. The molecule has 0 fully saturated rings. The second-order valence-corrected chi connectivity index (χ2v) is 9.75. The Kier molecular flexibility index (Phi) is 7.87. The highest BCUT2D eigenvalue weighted by Crippen LogP contribution is 2.31. The molecule has 32 heavy (non-hydrogen) atoms. The van der Waals surface area contributed by atoms with E-state index in [2.05, 4.69) is 6.08 Å². The van der Waals surface area contributed by atoms with Gasteiger partial charge in [0, 0.05) is 12.6 Å². The number of thioether (sulfide) groups is 1. The van der Waals surface area contributed by atoms with E-state index in [-0.39, 0.29) is 17.3 Å². The number of aromatic nitrogens is 2. The van der Waals surface area contributed by atoms with Gasteiger partial charge in [0.05, 0.1) is 30.9 Å². The van der Waals surface area contributed by atoms with Gasteiger partial charge in [0.25, 0.3) is 5.56 Å². The van der Waals surface area contributed by atoms with Crippen LogP contribution in [0, 0.1) is 0 Å². The van der Waals surface area contributed by atoms with Gasteiger partial charge in [-0.05, 0) is 58.9 Å². The number of rotatable bonds is 8. The fourth-order valence-corrected chi connectivity index (χ4v) is 4.52. The summed E-state index contributed by atoms with van der Waals surface area (Å²) in [7, 11) is 3.08. The minimum Gasteiger partial charge on any atom is -0.493 e. The van der Waals surface area contributed by atoms with Crippen molar-refractivity contribution >= 4 is 28.6 Å². The van der Waals surface area contributed by atoms with Crippen molar-refractivity contribution in [2.24, 2.45) is 0 Å². The largest absolute Gasteiger partial charge is 0.493 e. The van der Waals surface area contributed by atoms with Gasteiger partial charge in [-0.1, -0.05) is 23.4 Å². The molecule has 2 aromatic rings. The number of carbonyl (C=O) groups is 1. The van der Waals surface area contributed by atoms with Crippen molar-refractivity contribution in [3.63, 3.8) is 0 Å². The molecular formula is C24H32N2O5S. The van der Waals surface area contributed by atoms with Gasteiger partial charge in [0.15, 0.2) is 16.7 Å². The number of esters is 1. The molecule has 1 aliphatic carbocycles. The Balaban J connectivity index is 1.97. The molecule has 0 spiro atoms. The van der Waals surface area contributed by atoms with E-state index in [4.69, 9.17) is 19.2 Å². The lowest BCUT2D eigenvalue weighted by atomic mass is 9.97. The number of ether oxygens (including phenoxy) is 3. The van der Waals surface area contributed by atoms with Crippen molar-refractivity contribution in [3.05, 3.63) is 34.1 Å². The Bertz CT molecular complexity index is 1070. The molecule has 0 saturated heterocycles. The smallest absolute Gasteiger partial charge is 0.316 e. The van der Waals surface area contributed by atoms with Gasteiger partial charge in [-0.3, -0.25) is 14.2 Å². The first-order valence-corrected chi connectivity index (χ1v) is 11.9. The minimum absolute atomic E-state index is 0.0746. The van der Waals surface area contributed by atoms with Crippen LogP contribution in [0.1, 0.15) is 52.9 Å². The monoisotopic (exact) mass is 460 g/mol. The van der Waals surface area contributed by atoms with E-state index in [1.807, 2.05) is 20.8 Å². The zero-order chi connectivity index (χ0) is 23.3. The third-order valence-electron chi connectivity index (χ3n) is 5.21. The number of allylic oxidation sites excluding steroid dienone is 2. The summed E-state index contributed by atoms with van der Waals surface area (Å²) in [6.45, 7) is 6.00. The normalized spacial score (nSPS) is 14.2. The number of hydrogen-bond donors (Lipinski definition) is 0. The van der Waals surface area contributed by atoms with Gasteiger partial charge in [0.2, 0.25) is 0 Å². The molecule has 0 N–H and O–H groups in total. The molecule has 3 rings (SSSR count). The fraction of sp³-hybridized carbons (Fsp3) is 0.542. The Hall–Kier alpha value is -2.48. The summed E-state index contributed by atoms with van der Waals surface area (Å²) in [6.07, 6.45) is 7.65. The summed E-state index contributed by atoms with van der Waals surface area (Å²) < 4.78 is 17.8. The molecule has 8 heteroatoms. The SMILES string of the molecule is COc1cc2nc(SCC(=O)OC(C)(C)C)n(CCC3=CCCCC3)c(=O)c2cc1OC. The number of carbonyl (C=O) groups excluding carboxylic acids is 1. The fourth-order valence-electron chi connectivity index (χ4n) is 3.72. The van der Waals surface area contributed by atoms with E-state index in [9.17, 15) is 9.59 Å². The number of fused-ring (bicyclic) bond motifs is 1. The zero-order valence-corrected chi connectivity index (χ0v) is 20.3. The molecule has 7 nitrogen and oxygen atoms in total. The quantitative estimate of drug-likeness (QED) is 0.244. The highest BCUT2D eigenvalue weighted by Gasteiger charge is 2.20. The molecule has 1 heterocycles. The topological polar surface area (TPSA) is 79.7 Å². The average molecular weight is 461 g/mol. The summed E-state index contributed by atoms with van der Waals surface area (Å²) in [5, 5.41) is 0.957. The van der Waals surface area contributed by atoms with Crippen molar-refractivity contribution in [2.75, 3.05) is 20.0 Å². The maximum absolute atomic E-state index is 13.4. The number of hydrogen-bond acceptors (Lipinski definition) is 7. The molecule has 0 radical (unpaired) electrons. The molecule has 0 bridgehead atoms. The van der Waals surface area contributed by atoms with Crippen LogP contribution in [0.25, 0.3) is 10.9 Å². The van der Waals surface area contributed by atoms with Crippen LogP contribution < -0.4 is 15.0 Å². The first-order valence-electron chi connectivity index (χ1n) is 10.9. The van der Waals surface area contributed by atoms with Crippen LogP contribution in [0.5, 0.6) is 11.5 Å². The van der Waals surface area contributed by atoms with E-state index in [0.717, 1.165) is 19.3 Å². The maximum atomic E-state index is 13.4. The van der Waals surface area contributed by atoms with Gasteiger partial charge in [-0.2, -0.15) is 0 Å². The Morgan fingerprint density at radius 1 is 1.16 bits per heavy atom. The van der Waals surface area contributed by atoms with Crippen LogP contribution in [0.4, 0.5) is 0 Å². The highest BCUT2D eigenvalue weighted by atomic mass is 32.2. The number of nitrogens with zero attached hydrogens (tertiary/aromatic N) is 2. The number of methoxy groups -OCH3 is 2. The molecule has 0 amide bonds. The lowest BCUT2D eigenvalue weighted by Crippen LogP contribution is -2.26. The third kappa shape index (κ3) is 6.06. The second kappa shape index (κ2) is 10.4. The molecule has 1 aliphatic rings. The van der Waals surface area contributed by atoms with Crippen molar-refractivity contribution in [1.82, 2.24) is 9.55 Å². The predicted octanol–water partition coefficient (Wildman–Crippen LogP) is 4.74. The third-order valence-corrected chi connectivity index (χ3v) is 6.16. The van der Waals surface area contributed by atoms with Gasteiger partial charge in [0.1, 0.15) is 5.60 Å². The Morgan fingerprint density at radius 2 is 1.88 bits per heavy atom. The van der Waals surface area contributed by atoms with E-state index in [1.165, 1.54) is 37.3 Å². The van der Waals surface area contributed by atoms with Crippen molar-refractivity contribution in [2.45, 2.75) is 70.2 Å². The molecule has 0 saturated carbocycles. The summed E-state index contributed by atoms with van der Waals surface area (Å²) >= 11 is 1.22. The summed E-state index contributed by atoms with van der Waals surface area (Å²) in [5.41, 5.74) is 1.16. The van der Waals surface area contributed by atoms with Crippen LogP contribution in [0.3, 0.4) is 0 Å². The van der Waals surface area contributed by atoms with E-state index in [1.54, 1.807) is 23.8 Å². The first-order chi connectivity index (χ1) is 15.2. The van der Waals surface area contributed by atoms with E-state index < -0.39 is 5.60 Å². The molecule has 0 unspecified atom stereocenters. The first kappa shape index (κ1) is 24.2. The predicted molar refractivity (Wildman–Crippen MR) is 127 cm³/mol. The van der Waals surface area contributed by atoms with E-state index in [0.29, 0.717) is 34.1 Å². The highest BCUT2D eigenvalue weighted by molar-refractivity contribution is 7.99. The van der Waals surface area contributed by atoms with Gasteiger partial charge < -0.3 is 14.2 Å². The van der Waals surface area contributed by atoms with E-state index >= 15 is 0 Å². The van der Waals surface area contributed by atoms with Gasteiger partial charge >= 0.3 is 5.97 Å². The Labute approximate surface area is 193 Å². The Morgan fingerprint density at radius 3 is 2.50 bits per heavy atom. The van der Waals surface area contributed by atoms with Crippen LogP contribution in [0.2, 0.25) is 0 Å². The van der Waals surface area contributed by atoms with Gasteiger partial charge in [-0.15, -0.1) is 0 Å². The van der Waals surface area contributed by atoms with Crippen LogP contribution >= 0.6 is 11.8 Å². The lowest BCUT2D eigenvalue weighted by Gasteiger charge is -2.20. The summed E-state index contributed by atoms with van der Waals surface area (Å²) in [4.78, 5) is 30.4. The van der Waals surface area contributed by atoms with Crippen molar-refractivity contribution in [3.8, 4) is 11.5 Å². The van der Waals surface area contributed by atoms with Crippen molar-refractivity contribution in [1.29, 1.82) is 0 Å². The minimum atomic E-state index is -0.564. The summed E-state index contributed by atoms with van der Waals surface area (Å²) in [6, 6.07) is 3.36. The standard InChI is InChI=1S/C24H32N2O5S/c1-24(2,3)31-21(27)15-32-23-25-18-14-20(30-5)19(29-4)13-17(18)22(28)26(23)12-11-16-9-7-6-8-10-16/h9,13-14H,6-8,10-12,15H2,1-5H3. The second-order valence-electron chi connectivity index (χ2n) is 8.81. The molecule has 174 valence electrons. The molecule has 1 aromatic heterocycles. The average Bonchev–Trinajstić information content (AvgIpc) is 2.76. The van der Waals surface area contributed by atoms with Crippen molar-refractivity contribution < 1.29 is 19.0 Å². The maximum Gasteiger partial charge on any atom is 0.316 e. The summed E-state index contributed by atoms with van der Waals surface area (Å²) in [5.74, 6) is 0.714. The van der Waals surface area contributed by atoms with Crippen LogP contribution in [0.15, 0.2) is 33.7 Å². The molecule has 0 aliphatic heterocycles. The van der Waals surface area contributed by atoms with Crippen LogP contribution in [-0.4, -0.2) is 41.1 Å².